The second kappa shape index (κ2) is 13.3. The van der Waals surface area contributed by atoms with Crippen molar-refractivity contribution in [2.45, 2.75) is 39.0 Å². The molecule has 0 unspecified atom stereocenters. The number of para-hydroxylation sites is 2. The number of hydrogen-bond acceptors (Lipinski definition) is 4. The summed E-state index contributed by atoms with van der Waals surface area (Å²) in [6.07, 6.45) is 7.70. The molecule has 0 atom stereocenters. The molecule has 2 aromatic rings. The second-order valence-electron chi connectivity index (χ2n) is 6.79. The molecule has 156 valence electrons. The van der Waals surface area contributed by atoms with Gasteiger partial charge in [-0.2, -0.15) is 0 Å². The lowest BCUT2D eigenvalue weighted by Crippen LogP contribution is -2.22. The zero-order valence-corrected chi connectivity index (χ0v) is 17.3. The summed E-state index contributed by atoms with van der Waals surface area (Å²) < 4.78 is 11.4. The maximum Gasteiger partial charge on any atom is 0.243 e. The number of anilines is 2. The van der Waals surface area contributed by atoms with Gasteiger partial charge in [0.1, 0.15) is 18.1 Å². The third-order valence-corrected chi connectivity index (χ3v) is 4.32. The summed E-state index contributed by atoms with van der Waals surface area (Å²) in [6.45, 7) is 7.11. The quantitative estimate of drug-likeness (QED) is 0.320. The fourth-order valence-electron chi connectivity index (χ4n) is 2.83. The third kappa shape index (κ3) is 8.73. The molecule has 0 spiro atoms. The Bertz CT molecular complexity index is 761. The van der Waals surface area contributed by atoms with Crippen molar-refractivity contribution in [2.75, 3.05) is 30.4 Å². The Morgan fingerprint density at radius 2 is 1.86 bits per heavy atom. The van der Waals surface area contributed by atoms with Gasteiger partial charge in [0.05, 0.1) is 18.8 Å². The number of ether oxygens (including phenoxy) is 2. The van der Waals surface area contributed by atoms with Crippen molar-refractivity contribution in [3.05, 3.63) is 61.2 Å². The highest BCUT2D eigenvalue weighted by Crippen LogP contribution is 2.23. The fourth-order valence-corrected chi connectivity index (χ4v) is 2.83. The van der Waals surface area contributed by atoms with Crippen LogP contribution in [-0.2, 0) is 4.79 Å². The van der Waals surface area contributed by atoms with Gasteiger partial charge in [-0.3, -0.25) is 4.79 Å². The molecular formula is C24H32N2O3. The van der Waals surface area contributed by atoms with Gasteiger partial charge >= 0.3 is 0 Å². The molecule has 0 fully saturated rings. The van der Waals surface area contributed by atoms with Crippen molar-refractivity contribution in [3.8, 4) is 11.5 Å². The van der Waals surface area contributed by atoms with Gasteiger partial charge in [-0.05, 0) is 30.7 Å². The van der Waals surface area contributed by atoms with E-state index in [-0.39, 0.29) is 12.5 Å². The van der Waals surface area contributed by atoms with Crippen molar-refractivity contribution in [3.63, 3.8) is 0 Å². The molecule has 2 aromatic carbocycles. The first kappa shape index (κ1) is 22.3. The number of carbonyl (C=O) groups is 1. The van der Waals surface area contributed by atoms with E-state index in [0.29, 0.717) is 19.0 Å². The van der Waals surface area contributed by atoms with E-state index in [2.05, 4.69) is 24.1 Å². The molecule has 5 heteroatoms. The Labute approximate surface area is 174 Å². The average molecular weight is 397 g/mol. The van der Waals surface area contributed by atoms with Gasteiger partial charge < -0.3 is 20.1 Å². The molecule has 0 aliphatic rings. The molecule has 2 N–H and O–H groups in total. The minimum absolute atomic E-state index is 0.136. The van der Waals surface area contributed by atoms with Crippen LogP contribution in [0.5, 0.6) is 11.5 Å². The number of rotatable bonds is 14. The maximum atomic E-state index is 12.3. The lowest BCUT2D eigenvalue weighted by atomic mass is 10.2. The molecule has 0 bridgehead atoms. The van der Waals surface area contributed by atoms with Crippen molar-refractivity contribution >= 4 is 17.3 Å². The van der Waals surface area contributed by atoms with Crippen molar-refractivity contribution in [2.24, 2.45) is 0 Å². The first-order valence-corrected chi connectivity index (χ1v) is 10.3. The fraction of sp³-hybridized carbons (Fsp3) is 0.375. The highest BCUT2D eigenvalue weighted by atomic mass is 16.5. The first-order valence-electron chi connectivity index (χ1n) is 10.3. The summed E-state index contributed by atoms with van der Waals surface area (Å²) in [4.78, 5) is 12.3. The summed E-state index contributed by atoms with van der Waals surface area (Å²) >= 11 is 0. The summed E-state index contributed by atoms with van der Waals surface area (Å²) in [5.74, 6) is 1.32. The van der Waals surface area contributed by atoms with Crippen LogP contribution in [0.1, 0.15) is 39.0 Å². The Morgan fingerprint density at radius 3 is 2.69 bits per heavy atom. The van der Waals surface area contributed by atoms with Crippen LogP contribution in [0.2, 0.25) is 0 Å². The van der Waals surface area contributed by atoms with Crippen LogP contribution in [0.3, 0.4) is 0 Å². The van der Waals surface area contributed by atoms with Gasteiger partial charge in [-0.1, -0.05) is 63.5 Å². The van der Waals surface area contributed by atoms with E-state index in [1.54, 1.807) is 6.08 Å². The van der Waals surface area contributed by atoms with Gasteiger partial charge in [0.25, 0.3) is 0 Å². The Balaban J connectivity index is 1.78. The zero-order chi connectivity index (χ0) is 20.7. The predicted molar refractivity (Wildman–Crippen MR) is 120 cm³/mol. The molecular weight excluding hydrogens is 364 g/mol. The minimum Gasteiger partial charge on any atom is -0.494 e. The monoisotopic (exact) mass is 396 g/mol. The van der Waals surface area contributed by atoms with E-state index >= 15 is 0 Å². The van der Waals surface area contributed by atoms with E-state index in [4.69, 9.17) is 9.47 Å². The number of carbonyl (C=O) groups excluding carboxylic acids is 1. The largest absolute Gasteiger partial charge is 0.494 e. The van der Waals surface area contributed by atoms with Crippen LogP contribution < -0.4 is 20.1 Å². The van der Waals surface area contributed by atoms with Gasteiger partial charge in [0.15, 0.2) is 0 Å². The van der Waals surface area contributed by atoms with E-state index < -0.39 is 0 Å². The first-order chi connectivity index (χ1) is 14.2. The summed E-state index contributed by atoms with van der Waals surface area (Å²) in [7, 11) is 0. The number of amides is 1. The van der Waals surface area contributed by atoms with Gasteiger partial charge in [0, 0.05) is 11.8 Å². The zero-order valence-electron chi connectivity index (χ0n) is 17.3. The van der Waals surface area contributed by atoms with Gasteiger partial charge in [-0.15, -0.1) is 0 Å². The second-order valence-corrected chi connectivity index (χ2v) is 6.79. The topological polar surface area (TPSA) is 59.6 Å². The lowest BCUT2D eigenvalue weighted by molar-refractivity contribution is -0.114. The predicted octanol–water partition coefficient (Wildman–Crippen LogP) is 5.65. The molecule has 5 nitrogen and oxygen atoms in total. The van der Waals surface area contributed by atoms with Crippen LogP contribution in [0.25, 0.3) is 0 Å². The maximum absolute atomic E-state index is 12.3. The smallest absolute Gasteiger partial charge is 0.243 e. The van der Waals surface area contributed by atoms with E-state index in [0.717, 1.165) is 23.5 Å². The summed E-state index contributed by atoms with van der Waals surface area (Å²) in [5, 5.41) is 6.01. The van der Waals surface area contributed by atoms with Crippen molar-refractivity contribution < 1.29 is 14.3 Å². The highest BCUT2D eigenvalue weighted by Gasteiger charge is 2.07. The molecule has 0 radical (unpaired) electrons. The lowest BCUT2D eigenvalue weighted by Gasteiger charge is -2.13. The number of hydrogen-bond donors (Lipinski definition) is 2. The van der Waals surface area contributed by atoms with Crippen LogP contribution in [0, 0.1) is 0 Å². The molecule has 0 saturated carbocycles. The normalized spacial score (nSPS) is 10.2. The van der Waals surface area contributed by atoms with E-state index in [1.165, 1.54) is 25.7 Å². The average Bonchev–Trinajstić information content (AvgIpc) is 2.74. The molecule has 1 amide bonds. The number of nitrogens with one attached hydrogen (secondary N) is 2. The van der Waals surface area contributed by atoms with Gasteiger partial charge in [-0.25, -0.2) is 0 Å². The summed E-state index contributed by atoms with van der Waals surface area (Å²) in [5.41, 5.74) is 1.49. The molecule has 0 heterocycles. The Kier molecular flexibility index (Phi) is 10.2. The Morgan fingerprint density at radius 1 is 1.03 bits per heavy atom. The van der Waals surface area contributed by atoms with Gasteiger partial charge in [0.2, 0.25) is 5.91 Å². The van der Waals surface area contributed by atoms with Crippen LogP contribution in [0.4, 0.5) is 11.4 Å². The molecule has 0 aliphatic heterocycles. The van der Waals surface area contributed by atoms with Crippen molar-refractivity contribution in [1.29, 1.82) is 0 Å². The summed E-state index contributed by atoms with van der Waals surface area (Å²) in [6, 6.07) is 15.0. The van der Waals surface area contributed by atoms with Crippen LogP contribution in [0.15, 0.2) is 61.2 Å². The molecule has 2 rings (SSSR count). The highest BCUT2D eigenvalue weighted by molar-refractivity contribution is 5.94. The Hall–Kier alpha value is -2.95. The SMILES string of the molecule is C=CCOc1ccccc1NCC(=O)Nc1cccc(OCCCCCCC)c1. The van der Waals surface area contributed by atoms with E-state index in [9.17, 15) is 4.79 Å². The van der Waals surface area contributed by atoms with Crippen LogP contribution >= 0.6 is 0 Å². The van der Waals surface area contributed by atoms with Crippen LogP contribution in [-0.4, -0.2) is 25.7 Å². The standard InChI is InChI=1S/C24H32N2O3/c1-3-5-6-7-10-17-28-21-13-11-12-20(18-21)26-24(27)19-25-22-14-8-9-15-23(22)29-16-4-2/h4,8-9,11-15,18,25H,2-3,5-7,10,16-17,19H2,1H3,(H,26,27). The molecule has 29 heavy (non-hydrogen) atoms. The molecule has 0 aromatic heterocycles. The molecule has 0 aliphatic carbocycles. The number of benzene rings is 2. The minimum atomic E-state index is -0.139. The molecule has 0 saturated heterocycles. The third-order valence-electron chi connectivity index (χ3n) is 4.32. The van der Waals surface area contributed by atoms with Crippen molar-refractivity contribution in [1.82, 2.24) is 0 Å². The number of unbranched alkanes of at least 4 members (excludes halogenated alkanes) is 4. The van der Waals surface area contributed by atoms with E-state index in [1.807, 2.05) is 48.5 Å².